The van der Waals surface area contributed by atoms with Crippen molar-refractivity contribution in [3.05, 3.63) is 60.3 Å². The Morgan fingerprint density at radius 1 is 0.913 bits per heavy atom. The molecular weight excluding hydrogens is 621 g/mol. The lowest BCUT2D eigenvalue weighted by Crippen LogP contribution is -2.56. The molecule has 0 radical (unpaired) electrons. The van der Waals surface area contributed by atoms with E-state index in [1.807, 2.05) is 36.4 Å². The molecule has 0 saturated heterocycles. The number of aliphatic hydroxyl groups is 1. The van der Waals surface area contributed by atoms with Crippen molar-refractivity contribution in [2.75, 3.05) is 0 Å². The van der Waals surface area contributed by atoms with Gasteiger partial charge in [-0.15, -0.1) is 0 Å². The van der Waals surface area contributed by atoms with E-state index in [4.69, 9.17) is 13.9 Å². The van der Waals surface area contributed by atoms with Crippen molar-refractivity contribution in [3.8, 4) is 0 Å². The van der Waals surface area contributed by atoms with Gasteiger partial charge in [0.1, 0.15) is 17.7 Å². The zero-order valence-electron chi connectivity index (χ0n) is 28.9. The van der Waals surface area contributed by atoms with E-state index in [9.17, 15) is 19.5 Å². The Kier molecular flexibility index (Phi) is 16.4. The van der Waals surface area contributed by atoms with Crippen molar-refractivity contribution in [1.82, 2.24) is 10.3 Å². The molecule has 1 heterocycles. The maximum atomic E-state index is 14.0. The fourth-order valence-corrected chi connectivity index (χ4v) is 12.7. The summed E-state index contributed by atoms with van der Waals surface area (Å²) in [6.07, 6.45) is 0.106. The third-order valence-corrected chi connectivity index (χ3v) is 15.5. The van der Waals surface area contributed by atoms with E-state index in [1.54, 1.807) is 25.3 Å². The Labute approximate surface area is 280 Å². The Morgan fingerprint density at radius 2 is 1.52 bits per heavy atom. The summed E-state index contributed by atoms with van der Waals surface area (Å²) in [6, 6.07) is 13.2. The van der Waals surface area contributed by atoms with Crippen LogP contribution in [0.1, 0.15) is 87.1 Å². The minimum absolute atomic E-state index is 0.00203. The van der Waals surface area contributed by atoms with Crippen LogP contribution in [-0.2, 0) is 30.1 Å². The smallest absolute Gasteiger partial charge is 0.408 e. The number of ether oxygens (including phenoxy) is 2. The van der Waals surface area contributed by atoms with Crippen LogP contribution in [0.4, 0.5) is 4.79 Å². The Balaban J connectivity index is 2.41. The SMILES string of the molecule is CCCC[C@H](C(=O)Sc1ccccn1)[C@@H](O[Si](C(C)C)(C(C)C)C(C)C)[C@H](C)OC(=O)[C@@H](NC(=O)OCc1ccccc1)[C@@H](C)O. The number of nitrogens with one attached hydrogen (secondary N) is 1. The fraction of sp³-hybridized carbons (Fsp3) is 0.600. The largest absolute Gasteiger partial charge is 0.458 e. The van der Waals surface area contributed by atoms with Gasteiger partial charge in [0.2, 0.25) is 13.4 Å². The van der Waals surface area contributed by atoms with E-state index >= 15 is 0 Å². The first-order chi connectivity index (χ1) is 21.7. The summed E-state index contributed by atoms with van der Waals surface area (Å²) in [5, 5.41) is 13.4. The molecule has 0 fully saturated rings. The molecule has 1 aromatic heterocycles. The standard InChI is InChI=1S/C35H54N2O7SSi/c1-10-11-19-29(34(40)45-30-20-15-16-21-36-30)32(44-46(23(2)3,24(4)5)25(6)7)27(9)43-33(39)31(26(8)38)37-35(41)42-22-28-17-13-12-14-18-28/h12-18,20-21,23-27,29,31-32,38H,10-11,19,22H2,1-9H3,(H,37,41)/t26-,27+,29+,31+,32+/m1/s1. The van der Waals surface area contributed by atoms with Gasteiger partial charge in [0, 0.05) is 6.20 Å². The average Bonchev–Trinajstić information content (AvgIpc) is 3.00. The second kappa shape index (κ2) is 19.2. The average molecular weight is 675 g/mol. The number of benzene rings is 1. The van der Waals surface area contributed by atoms with E-state index in [-0.39, 0.29) is 28.3 Å². The number of carbonyl (C=O) groups excluding carboxylic acids is 3. The monoisotopic (exact) mass is 674 g/mol. The van der Waals surface area contributed by atoms with Gasteiger partial charge in [-0.1, -0.05) is 97.7 Å². The summed E-state index contributed by atoms with van der Waals surface area (Å²) in [6.45, 7) is 18.2. The second-order valence-electron chi connectivity index (χ2n) is 12.8. The molecule has 0 unspecified atom stereocenters. The predicted octanol–water partition coefficient (Wildman–Crippen LogP) is 7.67. The molecule has 0 spiro atoms. The first kappa shape index (κ1) is 39.4. The zero-order valence-corrected chi connectivity index (χ0v) is 30.7. The fourth-order valence-electron chi connectivity index (χ4n) is 6.17. The Bertz CT molecular complexity index is 1190. The van der Waals surface area contributed by atoms with E-state index in [0.717, 1.165) is 30.2 Å². The number of nitrogens with zero attached hydrogens (tertiary/aromatic N) is 1. The predicted molar refractivity (Wildman–Crippen MR) is 185 cm³/mol. The number of unbranched alkanes of at least 4 members (excludes halogenated alkanes) is 1. The highest BCUT2D eigenvalue weighted by Crippen LogP contribution is 2.45. The maximum absolute atomic E-state index is 14.0. The third kappa shape index (κ3) is 11.2. The second-order valence-corrected chi connectivity index (χ2v) is 19.2. The van der Waals surface area contributed by atoms with Crippen LogP contribution in [0.25, 0.3) is 0 Å². The normalized spacial score (nSPS) is 15.2. The summed E-state index contributed by atoms with van der Waals surface area (Å²) < 4.78 is 18.5. The number of amides is 1. The highest BCUT2D eigenvalue weighted by Gasteiger charge is 2.50. The highest BCUT2D eigenvalue weighted by molar-refractivity contribution is 8.13. The minimum atomic E-state index is -2.57. The first-order valence-electron chi connectivity index (χ1n) is 16.4. The molecule has 0 saturated carbocycles. The number of pyridine rings is 1. The highest BCUT2D eigenvalue weighted by atomic mass is 32.2. The molecule has 46 heavy (non-hydrogen) atoms. The number of aliphatic hydroxyl groups excluding tert-OH is 1. The molecule has 2 rings (SSSR count). The minimum Gasteiger partial charge on any atom is -0.458 e. The molecule has 2 N–H and O–H groups in total. The molecule has 2 aromatic rings. The van der Waals surface area contributed by atoms with Gasteiger partial charge in [-0.2, -0.15) is 0 Å². The summed E-state index contributed by atoms with van der Waals surface area (Å²) in [5.74, 6) is -1.43. The molecule has 5 atom stereocenters. The summed E-state index contributed by atoms with van der Waals surface area (Å²) >= 11 is 1.07. The van der Waals surface area contributed by atoms with Crippen molar-refractivity contribution in [2.24, 2.45) is 5.92 Å². The lowest BCUT2D eigenvalue weighted by molar-refractivity contribution is -0.161. The van der Waals surface area contributed by atoms with Crippen LogP contribution in [0.3, 0.4) is 0 Å². The van der Waals surface area contributed by atoms with E-state index in [2.05, 4.69) is 58.8 Å². The molecule has 0 aliphatic rings. The lowest BCUT2D eigenvalue weighted by atomic mass is 9.94. The number of carbonyl (C=O) groups is 3. The van der Waals surface area contributed by atoms with Gasteiger partial charge in [0.25, 0.3) is 0 Å². The van der Waals surface area contributed by atoms with Gasteiger partial charge in [-0.25, -0.2) is 14.6 Å². The zero-order chi connectivity index (χ0) is 34.4. The molecule has 1 amide bonds. The van der Waals surface area contributed by atoms with E-state index in [1.165, 1.54) is 6.92 Å². The number of rotatable bonds is 18. The number of esters is 1. The van der Waals surface area contributed by atoms with Gasteiger partial charge >= 0.3 is 12.1 Å². The molecule has 0 aliphatic heterocycles. The van der Waals surface area contributed by atoms with Crippen molar-refractivity contribution in [3.63, 3.8) is 0 Å². The number of hydrogen-bond acceptors (Lipinski definition) is 9. The van der Waals surface area contributed by atoms with Crippen molar-refractivity contribution >= 4 is 37.3 Å². The molecule has 1 aromatic carbocycles. The first-order valence-corrected chi connectivity index (χ1v) is 19.4. The maximum Gasteiger partial charge on any atom is 0.408 e. The number of thioether (sulfide) groups is 1. The van der Waals surface area contributed by atoms with Crippen LogP contribution in [0, 0.1) is 5.92 Å². The molecule has 0 aliphatic carbocycles. The molecule has 256 valence electrons. The number of hydrogen-bond donors (Lipinski definition) is 2. The van der Waals surface area contributed by atoms with Crippen molar-refractivity contribution < 1.29 is 33.4 Å². The summed E-state index contributed by atoms with van der Waals surface area (Å²) in [4.78, 5) is 44.6. The van der Waals surface area contributed by atoms with Gasteiger partial charge in [0.15, 0.2) is 6.04 Å². The van der Waals surface area contributed by atoms with Gasteiger partial charge in [-0.05, 0) is 66.3 Å². The molecule has 9 nitrogen and oxygen atoms in total. The quantitative estimate of drug-likeness (QED) is 0.0931. The molecule has 0 bridgehead atoms. The third-order valence-electron chi connectivity index (χ3n) is 8.45. The Hall–Kier alpha value is -2.73. The summed E-state index contributed by atoms with van der Waals surface area (Å²) in [7, 11) is -2.57. The van der Waals surface area contributed by atoms with Crippen LogP contribution in [-0.4, -0.2) is 59.9 Å². The van der Waals surface area contributed by atoms with Gasteiger partial charge in [0.05, 0.1) is 18.1 Å². The number of aromatic nitrogens is 1. The van der Waals surface area contributed by atoms with Crippen LogP contribution in [0.2, 0.25) is 16.6 Å². The van der Waals surface area contributed by atoms with E-state index in [0.29, 0.717) is 11.4 Å². The van der Waals surface area contributed by atoms with Crippen molar-refractivity contribution in [1.29, 1.82) is 0 Å². The topological polar surface area (TPSA) is 124 Å². The van der Waals surface area contributed by atoms with Crippen LogP contribution >= 0.6 is 11.8 Å². The number of alkyl carbamates (subject to hydrolysis) is 1. The lowest BCUT2D eigenvalue weighted by Gasteiger charge is -2.47. The van der Waals surface area contributed by atoms with Gasteiger partial charge in [-0.3, -0.25) is 4.79 Å². The van der Waals surface area contributed by atoms with Crippen LogP contribution in [0.15, 0.2) is 59.8 Å². The molecular formula is C35H54N2O7SSi. The van der Waals surface area contributed by atoms with E-state index < -0.39 is 50.7 Å². The molecule has 11 heteroatoms. The van der Waals surface area contributed by atoms with Crippen LogP contribution < -0.4 is 5.32 Å². The van der Waals surface area contributed by atoms with Crippen LogP contribution in [0.5, 0.6) is 0 Å². The Morgan fingerprint density at radius 3 is 2.04 bits per heavy atom. The summed E-state index contributed by atoms with van der Waals surface area (Å²) in [5.41, 5.74) is 1.43. The van der Waals surface area contributed by atoms with Gasteiger partial charge < -0.3 is 24.3 Å². The van der Waals surface area contributed by atoms with Crippen molar-refractivity contribution in [2.45, 2.75) is 134 Å².